The van der Waals surface area contributed by atoms with Crippen molar-refractivity contribution in [3.8, 4) is 0 Å². The molecule has 0 saturated heterocycles. The number of dihydropyridines is 1. The molecule has 0 bridgehead atoms. The average molecular weight is 277 g/mol. The summed E-state index contributed by atoms with van der Waals surface area (Å²) in [4.78, 5) is 0. The number of halogens is 1. The Morgan fingerprint density at radius 3 is 3.19 bits per heavy atom. The Hall–Kier alpha value is -1.62. The van der Waals surface area contributed by atoms with Gasteiger partial charge in [-0.2, -0.15) is 0 Å². The van der Waals surface area contributed by atoms with Gasteiger partial charge in [0.1, 0.15) is 5.70 Å². The summed E-state index contributed by atoms with van der Waals surface area (Å²) in [5, 5.41) is 13.4. The van der Waals surface area contributed by atoms with Crippen LogP contribution in [0.3, 0.4) is 0 Å². The number of hydrogen-bond acceptors (Lipinski definition) is 4. The molecule has 2 aliphatic rings. The molecule has 0 amide bonds. The van der Waals surface area contributed by atoms with Crippen LogP contribution in [-0.2, 0) is 0 Å². The van der Waals surface area contributed by atoms with Crippen molar-refractivity contribution in [2.24, 2.45) is 10.3 Å². The zero-order valence-corrected chi connectivity index (χ0v) is 9.92. The quantitative estimate of drug-likeness (QED) is 0.857. The smallest absolute Gasteiger partial charge is 0.167 e. The maximum absolute atomic E-state index is 4.16. The van der Waals surface area contributed by atoms with Crippen LogP contribution in [0.1, 0.15) is 0 Å². The van der Waals surface area contributed by atoms with Gasteiger partial charge in [-0.15, -0.1) is 5.11 Å². The topological polar surface area (TPSA) is 40.0 Å². The maximum Gasteiger partial charge on any atom is 0.167 e. The van der Waals surface area contributed by atoms with Gasteiger partial charge in [0, 0.05) is 4.47 Å². The fourth-order valence-corrected chi connectivity index (χ4v) is 2.11. The second-order valence-corrected chi connectivity index (χ2v) is 4.45. The van der Waals surface area contributed by atoms with Crippen LogP contribution in [0.4, 0.5) is 5.69 Å². The predicted molar refractivity (Wildman–Crippen MR) is 65.6 cm³/mol. The third kappa shape index (κ3) is 1.53. The summed E-state index contributed by atoms with van der Waals surface area (Å²) < 4.78 is 1.03. The van der Waals surface area contributed by atoms with E-state index in [4.69, 9.17) is 0 Å². The van der Waals surface area contributed by atoms with Crippen molar-refractivity contribution in [3.63, 3.8) is 0 Å². The van der Waals surface area contributed by atoms with Crippen LogP contribution in [0.5, 0.6) is 0 Å². The molecule has 1 aromatic rings. The zero-order chi connectivity index (χ0) is 11.0. The van der Waals surface area contributed by atoms with Crippen molar-refractivity contribution in [1.82, 2.24) is 5.32 Å². The summed E-state index contributed by atoms with van der Waals surface area (Å²) in [7, 11) is 0. The minimum atomic E-state index is 0.0132. The first kappa shape index (κ1) is 9.59. The monoisotopic (exact) mass is 276 g/mol. The van der Waals surface area contributed by atoms with Crippen LogP contribution in [-0.4, -0.2) is 6.17 Å². The number of nitrogens with one attached hydrogen (secondary N) is 1. The van der Waals surface area contributed by atoms with Gasteiger partial charge in [0.05, 0.1) is 5.69 Å². The molecule has 5 heteroatoms. The molecule has 0 fully saturated rings. The lowest BCUT2D eigenvalue weighted by atomic mass is 10.2. The van der Waals surface area contributed by atoms with E-state index in [9.17, 15) is 0 Å². The first-order valence-corrected chi connectivity index (χ1v) is 5.73. The van der Waals surface area contributed by atoms with Crippen LogP contribution in [0.15, 0.2) is 63.1 Å². The summed E-state index contributed by atoms with van der Waals surface area (Å²) in [5.74, 6) is 0. The van der Waals surface area contributed by atoms with Gasteiger partial charge < -0.3 is 5.32 Å². The molecule has 1 aromatic carbocycles. The molecule has 4 nitrogen and oxygen atoms in total. The summed E-state index contributed by atoms with van der Waals surface area (Å²) >= 11 is 3.45. The van der Waals surface area contributed by atoms with Crippen molar-refractivity contribution < 1.29 is 0 Å². The normalized spacial score (nSPS) is 21.7. The molecule has 0 aliphatic carbocycles. The average Bonchev–Trinajstić information content (AvgIpc) is 2.72. The number of rotatable bonds is 1. The van der Waals surface area contributed by atoms with Crippen LogP contribution >= 0.6 is 15.9 Å². The van der Waals surface area contributed by atoms with Crippen molar-refractivity contribution in [2.75, 3.05) is 5.01 Å². The van der Waals surface area contributed by atoms with Gasteiger partial charge in [0.15, 0.2) is 6.17 Å². The van der Waals surface area contributed by atoms with Crippen molar-refractivity contribution in [3.05, 3.63) is 52.8 Å². The highest BCUT2D eigenvalue weighted by atomic mass is 79.9. The highest BCUT2D eigenvalue weighted by molar-refractivity contribution is 9.10. The van der Waals surface area contributed by atoms with Gasteiger partial charge >= 0.3 is 0 Å². The Morgan fingerprint density at radius 2 is 2.31 bits per heavy atom. The standard InChI is InChI=1S/C11H9BrN4/c12-8-3-1-4-9(7-8)16-11-10(14-15-16)5-2-6-13-11/h1-7,11,13H. The Morgan fingerprint density at radius 1 is 1.38 bits per heavy atom. The second-order valence-electron chi connectivity index (χ2n) is 3.53. The van der Waals surface area contributed by atoms with E-state index >= 15 is 0 Å². The van der Waals surface area contributed by atoms with E-state index in [0.29, 0.717) is 0 Å². The summed E-state index contributed by atoms with van der Waals surface area (Å²) in [5.41, 5.74) is 1.94. The molecular formula is C11H9BrN4. The minimum Gasteiger partial charge on any atom is -0.365 e. The highest BCUT2D eigenvalue weighted by Gasteiger charge is 2.28. The van der Waals surface area contributed by atoms with Crippen LogP contribution < -0.4 is 10.3 Å². The molecule has 0 saturated carbocycles. The molecule has 16 heavy (non-hydrogen) atoms. The lowest BCUT2D eigenvalue weighted by Crippen LogP contribution is -2.39. The molecule has 0 radical (unpaired) electrons. The number of hydrogen-bond donors (Lipinski definition) is 1. The third-order valence-corrected chi connectivity index (χ3v) is 2.96. The number of fused-ring (bicyclic) bond motifs is 1. The molecule has 3 rings (SSSR count). The number of allylic oxidation sites excluding steroid dienone is 2. The van der Waals surface area contributed by atoms with Gasteiger partial charge in [-0.05, 0) is 36.6 Å². The maximum atomic E-state index is 4.16. The molecule has 2 aliphatic heterocycles. The first-order chi connectivity index (χ1) is 7.84. The van der Waals surface area contributed by atoms with Crippen molar-refractivity contribution in [2.45, 2.75) is 6.17 Å². The van der Waals surface area contributed by atoms with Gasteiger partial charge in [-0.25, -0.2) is 5.01 Å². The largest absolute Gasteiger partial charge is 0.365 e. The highest BCUT2D eigenvalue weighted by Crippen LogP contribution is 2.29. The van der Waals surface area contributed by atoms with Gasteiger partial charge in [0.2, 0.25) is 0 Å². The second kappa shape index (κ2) is 3.75. The Bertz CT molecular complexity index is 506. The fourth-order valence-electron chi connectivity index (χ4n) is 1.72. The van der Waals surface area contributed by atoms with Gasteiger partial charge in [0.25, 0.3) is 0 Å². The van der Waals surface area contributed by atoms with Crippen LogP contribution in [0.25, 0.3) is 0 Å². The molecule has 1 N–H and O–H groups in total. The number of nitrogens with zero attached hydrogens (tertiary/aromatic N) is 3. The molecule has 2 heterocycles. The molecular weight excluding hydrogens is 268 g/mol. The Kier molecular flexibility index (Phi) is 2.25. The molecule has 1 atom stereocenters. The molecule has 0 spiro atoms. The third-order valence-electron chi connectivity index (χ3n) is 2.47. The van der Waals surface area contributed by atoms with Crippen LogP contribution in [0.2, 0.25) is 0 Å². The van der Waals surface area contributed by atoms with Crippen LogP contribution in [0, 0.1) is 0 Å². The van der Waals surface area contributed by atoms with Crippen molar-refractivity contribution >= 4 is 21.6 Å². The lowest BCUT2D eigenvalue weighted by Gasteiger charge is -2.23. The van der Waals surface area contributed by atoms with Gasteiger partial charge in [-0.1, -0.05) is 27.2 Å². The summed E-state index contributed by atoms with van der Waals surface area (Å²) in [6, 6.07) is 7.99. The summed E-state index contributed by atoms with van der Waals surface area (Å²) in [6.45, 7) is 0. The van der Waals surface area contributed by atoms with E-state index in [-0.39, 0.29) is 6.17 Å². The lowest BCUT2D eigenvalue weighted by molar-refractivity contribution is 0.656. The Balaban J connectivity index is 1.95. The molecule has 0 aromatic heterocycles. The van der Waals surface area contributed by atoms with E-state index < -0.39 is 0 Å². The SMILES string of the molecule is Brc1cccc(N2N=NC3=CC=CNC32)c1. The number of anilines is 1. The van der Waals surface area contributed by atoms with E-state index in [0.717, 1.165) is 15.9 Å². The Labute approximate surface area is 101 Å². The van der Waals surface area contributed by atoms with E-state index in [1.54, 1.807) is 0 Å². The van der Waals surface area contributed by atoms with E-state index in [1.165, 1.54) is 0 Å². The van der Waals surface area contributed by atoms with E-state index in [2.05, 4.69) is 31.6 Å². The fraction of sp³-hybridized carbons (Fsp3) is 0.0909. The molecule has 80 valence electrons. The molecule has 1 unspecified atom stereocenters. The summed E-state index contributed by atoms with van der Waals surface area (Å²) in [6.07, 6.45) is 5.80. The predicted octanol–water partition coefficient (Wildman–Crippen LogP) is 2.96. The van der Waals surface area contributed by atoms with Gasteiger partial charge in [-0.3, -0.25) is 0 Å². The van der Waals surface area contributed by atoms with E-state index in [1.807, 2.05) is 47.6 Å². The minimum absolute atomic E-state index is 0.0132. The first-order valence-electron chi connectivity index (χ1n) is 4.94. The number of benzene rings is 1. The van der Waals surface area contributed by atoms with Crippen molar-refractivity contribution in [1.29, 1.82) is 0 Å². The zero-order valence-electron chi connectivity index (χ0n) is 8.34.